The standard InChI is InChI=1S/C16H32N2O/c1-4-5-6-14-7-9-15(10-8-14)16(19)18-12-11-17-13(2)3/h13-15,17H,4-12H2,1-3H3,(H,18,19). The van der Waals surface area contributed by atoms with Crippen molar-refractivity contribution < 1.29 is 4.79 Å². The van der Waals surface area contributed by atoms with Crippen LogP contribution in [0.2, 0.25) is 0 Å². The maximum atomic E-state index is 12.0. The van der Waals surface area contributed by atoms with Crippen LogP contribution in [0.1, 0.15) is 65.7 Å². The summed E-state index contributed by atoms with van der Waals surface area (Å²) in [5.74, 6) is 1.43. The molecule has 1 aliphatic rings. The molecule has 0 aliphatic heterocycles. The van der Waals surface area contributed by atoms with E-state index in [1.807, 2.05) is 0 Å². The zero-order chi connectivity index (χ0) is 14.1. The molecule has 0 heterocycles. The Kier molecular flexibility index (Phi) is 8.11. The van der Waals surface area contributed by atoms with Crippen LogP contribution in [-0.2, 0) is 4.79 Å². The molecule has 3 nitrogen and oxygen atoms in total. The van der Waals surface area contributed by atoms with Crippen molar-refractivity contribution in [2.24, 2.45) is 11.8 Å². The third-order valence-corrected chi connectivity index (χ3v) is 4.16. The van der Waals surface area contributed by atoms with E-state index in [1.54, 1.807) is 0 Å². The van der Waals surface area contributed by atoms with E-state index in [9.17, 15) is 4.79 Å². The van der Waals surface area contributed by atoms with E-state index < -0.39 is 0 Å². The quantitative estimate of drug-likeness (QED) is 0.664. The summed E-state index contributed by atoms with van der Waals surface area (Å²) in [7, 11) is 0. The van der Waals surface area contributed by atoms with E-state index in [-0.39, 0.29) is 11.8 Å². The number of nitrogens with one attached hydrogen (secondary N) is 2. The summed E-state index contributed by atoms with van der Waals surface area (Å²) in [4.78, 5) is 12.0. The SMILES string of the molecule is CCCCC1CCC(C(=O)NCCNC(C)C)CC1. The van der Waals surface area contributed by atoms with Gasteiger partial charge in [0, 0.05) is 25.0 Å². The van der Waals surface area contributed by atoms with Gasteiger partial charge in [0.25, 0.3) is 0 Å². The van der Waals surface area contributed by atoms with Crippen LogP contribution in [0.25, 0.3) is 0 Å². The lowest BCUT2D eigenvalue weighted by molar-refractivity contribution is -0.126. The molecule has 0 saturated heterocycles. The molecule has 0 aromatic rings. The van der Waals surface area contributed by atoms with Crippen LogP contribution in [0.5, 0.6) is 0 Å². The van der Waals surface area contributed by atoms with Crippen molar-refractivity contribution in [2.75, 3.05) is 13.1 Å². The Morgan fingerprint density at radius 3 is 2.42 bits per heavy atom. The van der Waals surface area contributed by atoms with Crippen LogP contribution >= 0.6 is 0 Å². The first-order valence-corrected chi connectivity index (χ1v) is 8.14. The van der Waals surface area contributed by atoms with Crippen molar-refractivity contribution in [1.29, 1.82) is 0 Å². The molecule has 0 radical (unpaired) electrons. The van der Waals surface area contributed by atoms with Gasteiger partial charge >= 0.3 is 0 Å². The van der Waals surface area contributed by atoms with Crippen molar-refractivity contribution in [1.82, 2.24) is 10.6 Å². The number of carbonyl (C=O) groups excluding carboxylic acids is 1. The molecule has 0 atom stereocenters. The monoisotopic (exact) mass is 268 g/mol. The van der Waals surface area contributed by atoms with Gasteiger partial charge in [-0.25, -0.2) is 0 Å². The maximum absolute atomic E-state index is 12.0. The van der Waals surface area contributed by atoms with Crippen molar-refractivity contribution in [2.45, 2.75) is 71.8 Å². The normalized spacial score (nSPS) is 23.6. The number of rotatable bonds is 8. The van der Waals surface area contributed by atoms with Crippen LogP contribution in [0.3, 0.4) is 0 Å². The number of amides is 1. The number of unbranched alkanes of at least 4 members (excludes halogenated alkanes) is 1. The lowest BCUT2D eigenvalue weighted by Crippen LogP contribution is -2.38. The van der Waals surface area contributed by atoms with Gasteiger partial charge in [-0.2, -0.15) is 0 Å². The number of hydrogen-bond acceptors (Lipinski definition) is 2. The minimum atomic E-state index is 0.275. The zero-order valence-corrected chi connectivity index (χ0v) is 13.0. The van der Waals surface area contributed by atoms with Gasteiger partial charge in [0.1, 0.15) is 0 Å². The Hall–Kier alpha value is -0.570. The van der Waals surface area contributed by atoms with Crippen LogP contribution in [0.15, 0.2) is 0 Å². The molecule has 0 aromatic heterocycles. The van der Waals surface area contributed by atoms with Crippen LogP contribution in [0.4, 0.5) is 0 Å². The smallest absolute Gasteiger partial charge is 0.223 e. The fraction of sp³-hybridized carbons (Fsp3) is 0.938. The Labute approximate surface area is 118 Å². The highest BCUT2D eigenvalue weighted by molar-refractivity contribution is 5.78. The third kappa shape index (κ3) is 6.95. The van der Waals surface area contributed by atoms with Gasteiger partial charge in [-0.05, 0) is 31.6 Å². The fourth-order valence-corrected chi connectivity index (χ4v) is 2.90. The van der Waals surface area contributed by atoms with Crippen molar-refractivity contribution in [3.05, 3.63) is 0 Å². The predicted octanol–water partition coefficient (Wildman–Crippen LogP) is 3.10. The van der Waals surface area contributed by atoms with Crippen molar-refractivity contribution >= 4 is 5.91 Å². The molecule has 1 fully saturated rings. The zero-order valence-electron chi connectivity index (χ0n) is 13.0. The van der Waals surface area contributed by atoms with Crippen molar-refractivity contribution in [3.63, 3.8) is 0 Å². The molecule has 0 spiro atoms. The molecule has 1 aliphatic carbocycles. The minimum Gasteiger partial charge on any atom is -0.355 e. The van der Waals surface area contributed by atoms with E-state index in [2.05, 4.69) is 31.4 Å². The average Bonchev–Trinajstić information content (AvgIpc) is 2.41. The summed E-state index contributed by atoms with van der Waals surface area (Å²) < 4.78 is 0. The van der Waals surface area contributed by atoms with Gasteiger partial charge < -0.3 is 10.6 Å². The Morgan fingerprint density at radius 1 is 1.16 bits per heavy atom. The lowest BCUT2D eigenvalue weighted by Gasteiger charge is -2.27. The topological polar surface area (TPSA) is 41.1 Å². The van der Waals surface area contributed by atoms with Gasteiger partial charge in [-0.1, -0.05) is 40.0 Å². The molecule has 1 amide bonds. The summed E-state index contributed by atoms with van der Waals surface area (Å²) in [6.45, 7) is 8.13. The molecule has 2 N–H and O–H groups in total. The molecular weight excluding hydrogens is 236 g/mol. The van der Waals surface area contributed by atoms with E-state index in [0.29, 0.717) is 6.04 Å². The number of hydrogen-bond donors (Lipinski definition) is 2. The summed E-state index contributed by atoms with van der Waals surface area (Å²) in [5.41, 5.74) is 0. The van der Waals surface area contributed by atoms with Gasteiger partial charge in [-0.3, -0.25) is 4.79 Å². The fourth-order valence-electron chi connectivity index (χ4n) is 2.90. The number of carbonyl (C=O) groups is 1. The second-order valence-corrected chi connectivity index (χ2v) is 6.26. The Morgan fingerprint density at radius 2 is 1.84 bits per heavy atom. The summed E-state index contributed by atoms with van der Waals surface area (Å²) in [6, 6.07) is 0.492. The molecular formula is C16H32N2O. The molecule has 1 rings (SSSR count). The molecule has 3 heteroatoms. The largest absolute Gasteiger partial charge is 0.355 e. The van der Waals surface area contributed by atoms with Crippen LogP contribution in [0, 0.1) is 11.8 Å². The molecule has 0 bridgehead atoms. The predicted molar refractivity (Wildman–Crippen MR) is 81.1 cm³/mol. The highest BCUT2D eigenvalue weighted by Gasteiger charge is 2.25. The first kappa shape index (κ1) is 16.5. The summed E-state index contributed by atoms with van der Waals surface area (Å²) in [5, 5.41) is 6.38. The molecule has 0 unspecified atom stereocenters. The van der Waals surface area contributed by atoms with Crippen molar-refractivity contribution in [3.8, 4) is 0 Å². The third-order valence-electron chi connectivity index (χ3n) is 4.16. The Balaban J connectivity index is 2.11. The molecule has 19 heavy (non-hydrogen) atoms. The van der Waals surface area contributed by atoms with E-state index in [0.717, 1.165) is 31.8 Å². The first-order valence-electron chi connectivity index (χ1n) is 8.14. The highest BCUT2D eigenvalue weighted by atomic mass is 16.1. The Bertz CT molecular complexity index is 245. The summed E-state index contributed by atoms with van der Waals surface area (Å²) >= 11 is 0. The lowest BCUT2D eigenvalue weighted by atomic mass is 9.79. The van der Waals surface area contributed by atoms with Crippen LogP contribution < -0.4 is 10.6 Å². The van der Waals surface area contributed by atoms with Gasteiger partial charge in [0.05, 0.1) is 0 Å². The maximum Gasteiger partial charge on any atom is 0.223 e. The summed E-state index contributed by atoms with van der Waals surface area (Å²) in [6.07, 6.45) is 8.70. The minimum absolute atomic E-state index is 0.275. The molecule has 112 valence electrons. The molecule has 1 saturated carbocycles. The highest BCUT2D eigenvalue weighted by Crippen LogP contribution is 2.31. The molecule has 0 aromatic carbocycles. The second-order valence-electron chi connectivity index (χ2n) is 6.26. The first-order chi connectivity index (χ1) is 9.13. The van der Waals surface area contributed by atoms with Crippen LogP contribution in [-0.4, -0.2) is 25.0 Å². The van der Waals surface area contributed by atoms with E-state index >= 15 is 0 Å². The second kappa shape index (κ2) is 9.35. The van der Waals surface area contributed by atoms with Gasteiger partial charge in [0.2, 0.25) is 5.91 Å². The van der Waals surface area contributed by atoms with Gasteiger partial charge in [-0.15, -0.1) is 0 Å². The average molecular weight is 268 g/mol. The van der Waals surface area contributed by atoms with Gasteiger partial charge in [0.15, 0.2) is 0 Å². The van der Waals surface area contributed by atoms with E-state index in [1.165, 1.54) is 32.1 Å². The van der Waals surface area contributed by atoms with E-state index in [4.69, 9.17) is 0 Å².